The van der Waals surface area contributed by atoms with Crippen LogP contribution in [0.25, 0.3) is 0 Å². The number of carbonyl (C=O) groups excluding carboxylic acids is 1. The van der Waals surface area contributed by atoms with Crippen LogP contribution in [0.1, 0.15) is 44.2 Å². The fourth-order valence-electron chi connectivity index (χ4n) is 1.81. The molecule has 5 nitrogen and oxygen atoms in total. The van der Waals surface area contributed by atoms with Gasteiger partial charge in [-0.15, -0.1) is 0 Å². The van der Waals surface area contributed by atoms with Gasteiger partial charge in [0.05, 0.1) is 13.3 Å². The highest BCUT2D eigenvalue weighted by atomic mass is 16.5. The monoisotopic (exact) mass is 253 g/mol. The van der Waals surface area contributed by atoms with Crippen molar-refractivity contribution in [2.45, 2.75) is 33.7 Å². The lowest BCUT2D eigenvalue weighted by Gasteiger charge is -2.15. The van der Waals surface area contributed by atoms with Gasteiger partial charge in [-0.1, -0.05) is 13.8 Å². The maximum atomic E-state index is 12.4. The summed E-state index contributed by atoms with van der Waals surface area (Å²) in [6.07, 6.45) is 1.60. The molecule has 1 N–H and O–H groups in total. The number of carbonyl (C=O) groups is 1. The molecule has 0 bridgehead atoms. The van der Waals surface area contributed by atoms with Crippen molar-refractivity contribution < 1.29 is 9.53 Å². The van der Waals surface area contributed by atoms with Crippen molar-refractivity contribution in [3.8, 4) is 5.75 Å². The fraction of sp³-hybridized carbons (Fsp3) is 0.692. The van der Waals surface area contributed by atoms with Gasteiger partial charge in [0.1, 0.15) is 5.69 Å². The van der Waals surface area contributed by atoms with E-state index in [1.165, 1.54) is 0 Å². The molecule has 0 aliphatic rings. The Kier molecular flexibility index (Phi) is 5.34. The molecule has 102 valence electrons. The summed E-state index contributed by atoms with van der Waals surface area (Å²) in [5.74, 6) is 0.532. The van der Waals surface area contributed by atoms with Crippen LogP contribution in [0.15, 0.2) is 6.20 Å². The molecule has 1 aromatic heterocycles. The molecule has 0 amide bonds. The summed E-state index contributed by atoms with van der Waals surface area (Å²) in [5, 5.41) is 7.41. The van der Waals surface area contributed by atoms with Gasteiger partial charge in [0.15, 0.2) is 11.5 Å². The fourth-order valence-corrected chi connectivity index (χ4v) is 1.81. The minimum atomic E-state index is -0.0898. The number of ketones is 1. The van der Waals surface area contributed by atoms with Crippen molar-refractivity contribution in [2.24, 2.45) is 5.92 Å². The maximum absolute atomic E-state index is 12.4. The van der Waals surface area contributed by atoms with Gasteiger partial charge in [-0.05, 0) is 20.4 Å². The minimum absolute atomic E-state index is 0.0685. The lowest BCUT2D eigenvalue weighted by Crippen LogP contribution is -2.28. The van der Waals surface area contributed by atoms with Crippen LogP contribution >= 0.6 is 0 Å². The lowest BCUT2D eigenvalue weighted by atomic mass is 10.0. The summed E-state index contributed by atoms with van der Waals surface area (Å²) >= 11 is 0. The zero-order valence-corrected chi connectivity index (χ0v) is 11.9. The van der Waals surface area contributed by atoms with E-state index in [0.717, 1.165) is 6.54 Å². The van der Waals surface area contributed by atoms with E-state index in [4.69, 9.17) is 4.74 Å². The largest absolute Gasteiger partial charge is 0.493 e. The Morgan fingerprint density at radius 1 is 1.50 bits per heavy atom. The summed E-state index contributed by atoms with van der Waals surface area (Å²) in [6.45, 7) is 9.47. The molecule has 5 heteroatoms. The molecular weight excluding hydrogens is 230 g/mol. The van der Waals surface area contributed by atoms with Gasteiger partial charge >= 0.3 is 0 Å². The Labute approximate surface area is 109 Å². The molecule has 0 aliphatic heterocycles. The average molecular weight is 253 g/mol. The van der Waals surface area contributed by atoms with Gasteiger partial charge in [0, 0.05) is 18.5 Å². The molecule has 1 aromatic rings. The first-order chi connectivity index (χ1) is 8.52. The molecule has 0 radical (unpaired) electrons. The Bertz CT molecular complexity index is 399. The van der Waals surface area contributed by atoms with E-state index in [0.29, 0.717) is 18.0 Å². The van der Waals surface area contributed by atoms with Crippen LogP contribution in [0.4, 0.5) is 0 Å². The highest BCUT2D eigenvalue weighted by Gasteiger charge is 2.25. The second-order valence-electron chi connectivity index (χ2n) is 4.67. The second kappa shape index (κ2) is 6.54. The first kappa shape index (κ1) is 14.7. The SMILES string of the molecule is CCNCC(C)C(=O)c1c(OC)cnn1C(C)C. The van der Waals surface area contributed by atoms with Crippen LogP contribution in [0, 0.1) is 5.92 Å². The number of Topliss-reactive ketones (excluding diaryl/α,β-unsaturated/α-hetero) is 1. The molecule has 18 heavy (non-hydrogen) atoms. The highest BCUT2D eigenvalue weighted by molar-refractivity contribution is 5.98. The van der Waals surface area contributed by atoms with Crippen molar-refractivity contribution >= 4 is 5.78 Å². The Morgan fingerprint density at radius 3 is 2.67 bits per heavy atom. The smallest absolute Gasteiger partial charge is 0.188 e. The van der Waals surface area contributed by atoms with Gasteiger partial charge in [-0.3, -0.25) is 9.48 Å². The van der Waals surface area contributed by atoms with Crippen molar-refractivity contribution in [1.29, 1.82) is 0 Å². The summed E-state index contributed by atoms with van der Waals surface area (Å²) in [7, 11) is 1.56. The first-order valence-electron chi connectivity index (χ1n) is 6.39. The molecule has 0 spiro atoms. The van der Waals surface area contributed by atoms with Gasteiger partial charge in [-0.2, -0.15) is 5.10 Å². The zero-order valence-electron chi connectivity index (χ0n) is 11.9. The minimum Gasteiger partial charge on any atom is -0.493 e. The number of aromatic nitrogens is 2. The molecule has 0 saturated carbocycles. The number of nitrogens with one attached hydrogen (secondary N) is 1. The van der Waals surface area contributed by atoms with Gasteiger partial charge in [-0.25, -0.2) is 0 Å². The van der Waals surface area contributed by atoms with Crippen molar-refractivity contribution in [3.63, 3.8) is 0 Å². The molecule has 0 aliphatic carbocycles. The third-order valence-electron chi connectivity index (χ3n) is 2.85. The average Bonchev–Trinajstić information content (AvgIpc) is 2.78. The molecule has 1 rings (SSSR count). The third kappa shape index (κ3) is 3.10. The molecule has 0 aromatic carbocycles. The topological polar surface area (TPSA) is 56.1 Å². The molecule has 1 heterocycles. The number of nitrogens with zero attached hydrogens (tertiary/aromatic N) is 2. The van der Waals surface area contributed by atoms with E-state index in [2.05, 4.69) is 10.4 Å². The molecular formula is C13H23N3O2. The van der Waals surface area contributed by atoms with E-state index >= 15 is 0 Å². The summed E-state index contributed by atoms with van der Waals surface area (Å²) in [5.41, 5.74) is 0.568. The van der Waals surface area contributed by atoms with Crippen molar-refractivity contribution in [3.05, 3.63) is 11.9 Å². The van der Waals surface area contributed by atoms with Gasteiger partial charge in [0.2, 0.25) is 0 Å². The molecule has 0 fully saturated rings. The van der Waals surface area contributed by atoms with Crippen LogP contribution in [0.2, 0.25) is 0 Å². The maximum Gasteiger partial charge on any atom is 0.188 e. The van der Waals surface area contributed by atoms with Gasteiger partial charge < -0.3 is 10.1 Å². The van der Waals surface area contributed by atoms with Crippen LogP contribution in [-0.2, 0) is 0 Å². The number of hydrogen-bond acceptors (Lipinski definition) is 4. The van der Waals surface area contributed by atoms with Crippen molar-refractivity contribution in [2.75, 3.05) is 20.2 Å². The summed E-state index contributed by atoms with van der Waals surface area (Å²) in [6, 6.07) is 0.138. The quantitative estimate of drug-likeness (QED) is 0.754. The number of ether oxygens (including phenoxy) is 1. The van der Waals surface area contributed by atoms with E-state index < -0.39 is 0 Å². The molecule has 1 atom stereocenters. The standard InChI is InChI=1S/C13H23N3O2/c1-6-14-7-10(4)13(17)12-11(18-5)8-15-16(12)9(2)3/h8-10,14H,6-7H2,1-5H3. The van der Waals surface area contributed by atoms with Crippen LogP contribution in [0.3, 0.4) is 0 Å². The number of hydrogen-bond donors (Lipinski definition) is 1. The predicted octanol–water partition coefficient (Wildman–Crippen LogP) is 1.90. The highest BCUT2D eigenvalue weighted by Crippen LogP contribution is 2.23. The van der Waals surface area contributed by atoms with E-state index in [1.54, 1.807) is 18.0 Å². The zero-order chi connectivity index (χ0) is 13.7. The molecule has 0 saturated heterocycles. The van der Waals surface area contributed by atoms with Crippen LogP contribution in [-0.4, -0.2) is 35.8 Å². The van der Waals surface area contributed by atoms with Crippen LogP contribution < -0.4 is 10.1 Å². The molecule has 1 unspecified atom stereocenters. The van der Waals surface area contributed by atoms with Crippen molar-refractivity contribution in [1.82, 2.24) is 15.1 Å². The van der Waals surface area contributed by atoms with E-state index in [9.17, 15) is 4.79 Å². The number of rotatable bonds is 7. The summed E-state index contributed by atoms with van der Waals surface area (Å²) < 4.78 is 6.95. The Balaban J connectivity index is 2.99. The van der Waals surface area contributed by atoms with Gasteiger partial charge in [0.25, 0.3) is 0 Å². The lowest BCUT2D eigenvalue weighted by molar-refractivity contribution is 0.0913. The van der Waals surface area contributed by atoms with E-state index in [-0.39, 0.29) is 17.7 Å². The summed E-state index contributed by atoms with van der Waals surface area (Å²) in [4.78, 5) is 12.4. The first-order valence-corrected chi connectivity index (χ1v) is 6.39. The normalized spacial score (nSPS) is 12.8. The Morgan fingerprint density at radius 2 is 2.17 bits per heavy atom. The number of methoxy groups -OCH3 is 1. The third-order valence-corrected chi connectivity index (χ3v) is 2.85. The predicted molar refractivity (Wildman–Crippen MR) is 71.2 cm³/mol. The van der Waals surface area contributed by atoms with Crippen LogP contribution in [0.5, 0.6) is 5.75 Å². The second-order valence-corrected chi connectivity index (χ2v) is 4.67. The Hall–Kier alpha value is -1.36. The van der Waals surface area contributed by atoms with E-state index in [1.807, 2.05) is 27.7 Å².